The minimum absolute atomic E-state index is 0.365. The molecule has 0 fully saturated rings. The maximum absolute atomic E-state index is 8.68. The summed E-state index contributed by atoms with van der Waals surface area (Å²) in [5.41, 5.74) is 0. The second kappa shape index (κ2) is 19.4. The molecule has 0 spiro atoms. The molecule has 1 nitrogen and oxygen atoms in total. The van der Waals surface area contributed by atoms with Gasteiger partial charge in [0.2, 0.25) is 0 Å². The molecular formula is C20H38O. The molecule has 0 unspecified atom stereocenters. The summed E-state index contributed by atoms with van der Waals surface area (Å²) in [6, 6.07) is 0. The summed E-state index contributed by atoms with van der Waals surface area (Å²) in [5, 5.41) is 8.68. The summed E-state index contributed by atoms with van der Waals surface area (Å²) in [5.74, 6) is 0. The Morgan fingerprint density at radius 1 is 0.571 bits per heavy atom. The maximum Gasteiger partial charge on any atom is 0.0431 e. The van der Waals surface area contributed by atoms with Crippen molar-refractivity contribution in [2.75, 3.05) is 6.61 Å². The Morgan fingerprint density at radius 3 is 1.57 bits per heavy atom. The SMILES string of the molecule is CCCC=CCC=CCCCCCCCCCCCCO. The van der Waals surface area contributed by atoms with Crippen LogP contribution in [0.3, 0.4) is 0 Å². The molecule has 0 aliphatic carbocycles. The molecule has 1 N–H and O–H groups in total. The third-order valence-corrected chi connectivity index (χ3v) is 3.84. The molecule has 0 rings (SSSR count). The van der Waals surface area contributed by atoms with Gasteiger partial charge in [-0.05, 0) is 32.1 Å². The summed E-state index contributed by atoms with van der Waals surface area (Å²) in [7, 11) is 0. The van der Waals surface area contributed by atoms with E-state index >= 15 is 0 Å². The van der Waals surface area contributed by atoms with E-state index in [1.54, 1.807) is 0 Å². The number of hydrogen-bond acceptors (Lipinski definition) is 1. The van der Waals surface area contributed by atoms with Crippen molar-refractivity contribution in [1.29, 1.82) is 0 Å². The number of aliphatic hydroxyl groups excluding tert-OH is 1. The van der Waals surface area contributed by atoms with Crippen LogP contribution < -0.4 is 0 Å². The van der Waals surface area contributed by atoms with E-state index in [4.69, 9.17) is 5.11 Å². The van der Waals surface area contributed by atoms with Gasteiger partial charge in [-0.2, -0.15) is 0 Å². The molecule has 0 bridgehead atoms. The predicted molar refractivity (Wildman–Crippen MR) is 95.7 cm³/mol. The van der Waals surface area contributed by atoms with Gasteiger partial charge < -0.3 is 5.11 Å². The summed E-state index contributed by atoms with van der Waals surface area (Å²) >= 11 is 0. The molecule has 0 aromatic heterocycles. The van der Waals surface area contributed by atoms with E-state index in [0.717, 1.165) is 12.8 Å². The lowest BCUT2D eigenvalue weighted by atomic mass is 10.1. The van der Waals surface area contributed by atoms with Crippen LogP contribution in [0.4, 0.5) is 0 Å². The summed E-state index contributed by atoms with van der Waals surface area (Å²) in [6.07, 6.45) is 27.2. The molecule has 21 heavy (non-hydrogen) atoms. The number of rotatable bonds is 16. The predicted octanol–water partition coefficient (Wildman–Crippen LogP) is 6.57. The van der Waals surface area contributed by atoms with Crippen molar-refractivity contribution in [3.05, 3.63) is 24.3 Å². The van der Waals surface area contributed by atoms with Gasteiger partial charge in [-0.25, -0.2) is 0 Å². The Bertz CT molecular complexity index is 230. The van der Waals surface area contributed by atoms with Crippen molar-refractivity contribution in [2.24, 2.45) is 0 Å². The number of aliphatic hydroxyl groups is 1. The van der Waals surface area contributed by atoms with E-state index in [-0.39, 0.29) is 0 Å². The number of unbranched alkanes of at least 4 members (excludes halogenated alkanes) is 11. The molecule has 0 aromatic rings. The molecule has 1 heteroatoms. The fourth-order valence-corrected chi connectivity index (χ4v) is 2.46. The monoisotopic (exact) mass is 294 g/mol. The van der Waals surface area contributed by atoms with Crippen molar-refractivity contribution in [1.82, 2.24) is 0 Å². The smallest absolute Gasteiger partial charge is 0.0431 e. The lowest BCUT2D eigenvalue weighted by Crippen LogP contribution is -1.84. The van der Waals surface area contributed by atoms with Gasteiger partial charge in [-0.15, -0.1) is 0 Å². The first kappa shape index (κ1) is 20.4. The average molecular weight is 295 g/mol. The molecule has 0 aliphatic heterocycles. The lowest BCUT2D eigenvalue weighted by molar-refractivity contribution is 0.282. The average Bonchev–Trinajstić information content (AvgIpc) is 2.50. The number of hydrogen-bond donors (Lipinski definition) is 1. The molecule has 0 aliphatic rings. The third kappa shape index (κ3) is 19.4. The maximum atomic E-state index is 8.68. The highest BCUT2D eigenvalue weighted by molar-refractivity contribution is 4.92. The van der Waals surface area contributed by atoms with Crippen LogP contribution in [-0.2, 0) is 0 Å². The standard InChI is InChI=1S/C20H38O/c1-2-3-4-5-6-7-8-9-10-11-12-13-14-15-16-17-18-19-20-21/h4-5,7-8,21H,2-3,6,9-20H2,1H3. The second-order valence-electron chi connectivity index (χ2n) is 6.02. The highest BCUT2D eigenvalue weighted by Gasteiger charge is 1.92. The van der Waals surface area contributed by atoms with Crippen molar-refractivity contribution in [3.63, 3.8) is 0 Å². The highest BCUT2D eigenvalue weighted by Crippen LogP contribution is 2.11. The highest BCUT2D eigenvalue weighted by atomic mass is 16.2. The van der Waals surface area contributed by atoms with Crippen LogP contribution >= 0.6 is 0 Å². The topological polar surface area (TPSA) is 20.2 Å². The van der Waals surface area contributed by atoms with E-state index < -0.39 is 0 Å². The molecule has 0 amide bonds. The Hall–Kier alpha value is -0.560. The minimum Gasteiger partial charge on any atom is -0.396 e. The Balaban J connectivity index is 3.06. The summed E-state index contributed by atoms with van der Waals surface area (Å²) < 4.78 is 0. The molecule has 0 atom stereocenters. The fraction of sp³-hybridized carbons (Fsp3) is 0.800. The summed E-state index contributed by atoms with van der Waals surface area (Å²) in [4.78, 5) is 0. The molecule has 0 heterocycles. The van der Waals surface area contributed by atoms with Gasteiger partial charge in [0, 0.05) is 6.61 Å². The quantitative estimate of drug-likeness (QED) is 0.252. The van der Waals surface area contributed by atoms with E-state index in [2.05, 4.69) is 31.2 Å². The molecule has 124 valence electrons. The van der Waals surface area contributed by atoms with Crippen molar-refractivity contribution in [2.45, 2.75) is 96.8 Å². The lowest BCUT2D eigenvalue weighted by Gasteiger charge is -2.01. The van der Waals surface area contributed by atoms with Gasteiger partial charge in [0.15, 0.2) is 0 Å². The summed E-state index contributed by atoms with van der Waals surface area (Å²) in [6.45, 7) is 2.58. The zero-order valence-corrected chi connectivity index (χ0v) is 14.4. The van der Waals surface area contributed by atoms with Gasteiger partial charge in [0.1, 0.15) is 0 Å². The molecular weight excluding hydrogens is 256 g/mol. The van der Waals surface area contributed by atoms with Crippen molar-refractivity contribution >= 4 is 0 Å². The minimum atomic E-state index is 0.365. The van der Waals surface area contributed by atoms with E-state index in [1.807, 2.05) is 0 Å². The first-order chi connectivity index (χ1) is 10.4. The van der Waals surface area contributed by atoms with Crippen LogP contribution in [0.2, 0.25) is 0 Å². The van der Waals surface area contributed by atoms with Gasteiger partial charge >= 0.3 is 0 Å². The largest absolute Gasteiger partial charge is 0.396 e. The Kier molecular flexibility index (Phi) is 18.9. The van der Waals surface area contributed by atoms with Gasteiger partial charge in [-0.3, -0.25) is 0 Å². The Labute approximate surface area is 133 Å². The van der Waals surface area contributed by atoms with Crippen LogP contribution in [0.25, 0.3) is 0 Å². The molecule has 0 saturated carbocycles. The van der Waals surface area contributed by atoms with Gasteiger partial charge in [0.05, 0.1) is 0 Å². The normalized spacial score (nSPS) is 11.9. The van der Waals surface area contributed by atoms with E-state index in [1.165, 1.54) is 77.0 Å². The molecule has 0 saturated heterocycles. The number of allylic oxidation sites excluding steroid dienone is 4. The van der Waals surface area contributed by atoms with Crippen LogP contribution in [0.5, 0.6) is 0 Å². The van der Waals surface area contributed by atoms with Gasteiger partial charge in [0.25, 0.3) is 0 Å². The zero-order chi connectivity index (χ0) is 15.4. The first-order valence-electron chi connectivity index (χ1n) is 9.32. The second-order valence-corrected chi connectivity index (χ2v) is 6.02. The first-order valence-corrected chi connectivity index (χ1v) is 9.32. The van der Waals surface area contributed by atoms with Crippen molar-refractivity contribution in [3.8, 4) is 0 Å². The van der Waals surface area contributed by atoms with Crippen molar-refractivity contribution < 1.29 is 5.11 Å². The third-order valence-electron chi connectivity index (χ3n) is 3.84. The van der Waals surface area contributed by atoms with E-state index in [9.17, 15) is 0 Å². The van der Waals surface area contributed by atoms with Crippen LogP contribution in [0.1, 0.15) is 96.8 Å². The van der Waals surface area contributed by atoms with E-state index in [0.29, 0.717) is 6.61 Å². The molecule has 0 radical (unpaired) electrons. The molecule has 0 aromatic carbocycles. The zero-order valence-electron chi connectivity index (χ0n) is 14.4. The van der Waals surface area contributed by atoms with Gasteiger partial charge in [-0.1, -0.05) is 89.0 Å². The fourth-order valence-electron chi connectivity index (χ4n) is 2.46. The Morgan fingerprint density at radius 2 is 1.05 bits per heavy atom. The van der Waals surface area contributed by atoms with Crippen LogP contribution in [0, 0.1) is 0 Å². The van der Waals surface area contributed by atoms with Crippen LogP contribution in [0.15, 0.2) is 24.3 Å². The van der Waals surface area contributed by atoms with Crippen LogP contribution in [-0.4, -0.2) is 11.7 Å².